The number of rotatable bonds is 3. The number of hydroxylamine groups is 2. The largest absolute Gasteiger partial charge is 0.287 e. The molecule has 82 valence electrons. The van der Waals surface area contributed by atoms with Crippen molar-refractivity contribution in [1.82, 2.24) is 10.0 Å². The second-order valence-corrected chi connectivity index (χ2v) is 3.22. The van der Waals surface area contributed by atoms with Crippen LogP contribution in [-0.2, 0) is 15.3 Å². The first kappa shape index (κ1) is 11.6. The van der Waals surface area contributed by atoms with Crippen LogP contribution in [0.4, 0.5) is 4.39 Å². The van der Waals surface area contributed by atoms with Crippen molar-refractivity contribution in [2.75, 3.05) is 14.2 Å². The Morgan fingerprint density at radius 1 is 1.53 bits per heavy atom. The van der Waals surface area contributed by atoms with Crippen LogP contribution in [-0.4, -0.2) is 30.1 Å². The summed E-state index contributed by atoms with van der Waals surface area (Å²) in [5.41, 5.74) is -1.85. The van der Waals surface area contributed by atoms with Gasteiger partial charge in [0.15, 0.2) is 0 Å². The summed E-state index contributed by atoms with van der Waals surface area (Å²) in [7, 11) is 2.67. The minimum Gasteiger partial charge on any atom is -0.274 e. The summed E-state index contributed by atoms with van der Waals surface area (Å²) in [6.45, 7) is 1.19. The quantitative estimate of drug-likeness (QED) is 0.709. The number of hydrogen-bond donors (Lipinski definition) is 0. The van der Waals surface area contributed by atoms with Crippen molar-refractivity contribution >= 4 is 5.91 Å². The normalized spacial score (nSPS) is 14.4. The van der Waals surface area contributed by atoms with Crippen LogP contribution in [0.5, 0.6) is 0 Å². The monoisotopic (exact) mass is 212 g/mol. The molecule has 0 fully saturated rings. The zero-order valence-corrected chi connectivity index (χ0v) is 8.90. The van der Waals surface area contributed by atoms with Crippen molar-refractivity contribution in [3.63, 3.8) is 0 Å². The van der Waals surface area contributed by atoms with Crippen LogP contribution in [0.15, 0.2) is 24.5 Å². The minimum absolute atomic E-state index is 0.256. The van der Waals surface area contributed by atoms with Gasteiger partial charge in [-0.25, -0.2) is 9.45 Å². The standard InChI is InChI=1S/C10H13FN2O2/c1-10(11,9(14)13(2)15-3)8-4-6-12-7-5-8/h4-7H,1-3H3. The Balaban J connectivity index is 2.98. The lowest BCUT2D eigenvalue weighted by Gasteiger charge is -2.24. The Morgan fingerprint density at radius 3 is 2.53 bits per heavy atom. The molecule has 1 heterocycles. The predicted octanol–water partition coefficient (Wildman–Crippen LogP) is 1.29. The summed E-state index contributed by atoms with van der Waals surface area (Å²) in [4.78, 5) is 20.0. The molecular weight excluding hydrogens is 199 g/mol. The Bertz CT molecular complexity index is 341. The van der Waals surface area contributed by atoms with Gasteiger partial charge in [-0.3, -0.25) is 14.6 Å². The summed E-state index contributed by atoms with van der Waals surface area (Å²) in [5.74, 6) is -0.754. The SMILES string of the molecule is CON(C)C(=O)C(C)(F)c1ccncc1. The lowest BCUT2D eigenvalue weighted by molar-refractivity contribution is -0.181. The van der Waals surface area contributed by atoms with E-state index in [-0.39, 0.29) is 5.56 Å². The summed E-state index contributed by atoms with van der Waals surface area (Å²) >= 11 is 0. The van der Waals surface area contributed by atoms with Crippen molar-refractivity contribution in [2.24, 2.45) is 0 Å². The van der Waals surface area contributed by atoms with E-state index in [4.69, 9.17) is 0 Å². The topological polar surface area (TPSA) is 42.4 Å². The molecule has 0 aliphatic rings. The van der Waals surface area contributed by atoms with Gasteiger partial charge in [0.2, 0.25) is 5.67 Å². The Kier molecular flexibility index (Phi) is 3.36. The van der Waals surface area contributed by atoms with Crippen LogP contribution in [0, 0.1) is 0 Å². The van der Waals surface area contributed by atoms with E-state index in [1.165, 1.54) is 45.6 Å². The van der Waals surface area contributed by atoms with E-state index >= 15 is 0 Å². The van der Waals surface area contributed by atoms with Crippen molar-refractivity contribution in [3.8, 4) is 0 Å². The maximum atomic E-state index is 14.2. The first-order chi connectivity index (χ1) is 7.00. The number of likely N-dealkylation sites (N-methyl/N-ethyl adjacent to an activating group) is 1. The van der Waals surface area contributed by atoms with Crippen molar-refractivity contribution in [1.29, 1.82) is 0 Å². The summed E-state index contributed by atoms with van der Waals surface area (Å²) in [5, 5.41) is 0.862. The molecule has 0 N–H and O–H groups in total. The highest BCUT2D eigenvalue weighted by Gasteiger charge is 2.37. The van der Waals surface area contributed by atoms with Gasteiger partial charge < -0.3 is 0 Å². The molecule has 0 saturated heterocycles. The summed E-state index contributed by atoms with van der Waals surface area (Å²) < 4.78 is 14.2. The van der Waals surface area contributed by atoms with E-state index in [2.05, 4.69) is 9.82 Å². The average molecular weight is 212 g/mol. The molecule has 0 aromatic carbocycles. The molecule has 4 nitrogen and oxygen atoms in total. The maximum Gasteiger partial charge on any atom is 0.287 e. The molecule has 0 bridgehead atoms. The van der Waals surface area contributed by atoms with Crippen LogP contribution >= 0.6 is 0 Å². The molecule has 1 atom stereocenters. The summed E-state index contributed by atoms with van der Waals surface area (Å²) in [6.07, 6.45) is 2.88. The number of carbonyl (C=O) groups is 1. The Labute approximate surface area is 87.6 Å². The number of hydrogen-bond acceptors (Lipinski definition) is 3. The molecule has 1 amide bonds. The Hall–Kier alpha value is -1.49. The van der Waals surface area contributed by atoms with Gasteiger partial charge in [-0.2, -0.15) is 0 Å². The fourth-order valence-corrected chi connectivity index (χ4v) is 1.17. The first-order valence-electron chi connectivity index (χ1n) is 4.42. The highest BCUT2D eigenvalue weighted by atomic mass is 19.1. The molecule has 0 radical (unpaired) electrons. The number of amides is 1. The van der Waals surface area contributed by atoms with E-state index < -0.39 is 11.6 Å². The number of aromatic nitrogens is 1. The molecule has 1 aromatic rings. The number of nitrogens with zero attached hydrogens (tertiary/aromatic N) is 2. The van der Waals surface area contributed by atoms with Crippen LogP contribution < -0.4 is 0 Å². The lowest BCUT2D eigenvalue weighted by atomic mass is 9.98. The van der Waals surface area contributed by atoms with Gasteiger partial charge >= 0.3 is 0 Å². The first-order valence-corrected chi connectivity index (χ1v) is 4.42. The number of alkyl halides is 1. The molecule has 1 aromatic heterocycles. The Morgan fingerprint density at radius 2 is 2.07 bits per heavy atom. The van der Waals surface area contributed by atoms with Crippen LogP contribution in [0.3, 0.4) is 0 Å². The molecule has 0 aliphatic heterocycles. The second-order valence-electron chi connectivity index (χ2n) is 3.22. The lowest BCUT2D eigenvalue weighted by Crippen LogP contribution is -2.39. The molecule has 1 unspecified atom stereocenters. The summed E-state index contributed by atoms with van der Waals surface area (Å²) in [6, 6.07) is 2.92. The number of halogens is 1. The molecule has 15 heavy (non-hydrogen) atoms. The zero-order chi connectivity index (χ0) is 11.5. The van der Waals surface area contributed by atoms with Crippen LogP contribution in [0.2, 0.25) is 0 Å². The van der Waals surface area contributed by atoms with Gasteiger partial charge in [0.1, 0.15) is 0 Å². The third-order valence-electron chi connectivity index (χ3n) is 2.18. The fraction of sp³-hybridized carbons (Fsp3) is 0.400. The third kappa shape index (κ3) is 2.30. The fourth-order valence-electron chi connectivity index (χ4n) is 1.17. The minimum atomic E-state index is -2.10. The van der Waals surface area contributed by atoms with Gasteiger partial charge in [0.05, 0.1) is 7.11 Å². The zero-order valence-electron chi connectivity index (χ0n) is 8.90. The predicted molar refractivity (Wildman–Crippen MR) is 52.5 cm³/mol. The number of pyridine rings is 1. The highest BCUT2D eigenvalue weighted by Crippen LogP contribution is 2.26. The molecular formula is C10H13FN2O2. The van der Waals surface area contributed by atoms with Gasteiger partial charge in [0.25, 0.3) is 5.91 Å². The number of carbonyl (C=O) groups excluding carboxylic acids is 1. The smallest absolute Gasteiger partial charge is 0.274 e. The third-order valence-corrected chi connectivity index (χ3v) is 2.18. The van der Waals surface area contributed by atoms with E-state index in [0.717, 1.165) is 5.06 Å². The van der Waals surface area contributed by atoms with Crippen LogP contribution in [0.25, 0.3) is 0 Å². The van der Waals surface area contributed by atoms with Crippen molar-refractivity contribution < 1.29 is 14.0 Å². The van der Waals surface area contributed by atoms with Crippen molar-refractivity contribution in [3.05, 3.63) is 30.1 Å². The molecule has 0 spiro atoms. The highest BCUT2D eigenvalue weighted by molar-refractivity contribution is 5.85. The van der Waals surface area contributed by atoms with Gasteiger partial charge in [-0.05, 0) is 19.1 Å². The van der Waals surface area contributed by atoms with E-state index in [1.807, 2.05) is 0 Å². The molecule has 5 heteroatoms. The molecule has 0 saturated carbocycles. The van der Waals surface area contributed by atoms with Gasteiger partial charge in [-0.1, -0.05) is 0 Å². The van der Waals surface area contributed by atoms with Gasteiger partial charge in [0, 0.05) is 25.0 Å². The van der Waals surface area contributed by atoms with E-state index in [0.29, 0.717) is 0 Å². The maximum absolute atomic E-state index is 14.2. The molecule has 0 aliphatic carbocycles. The second kappa shape index (κ2) is 4.35. The van der Waals surface area contributed by atoms with E-state index in [9.17, 15) is 9.18 Å². The van der Waals surface area contributed by atoms with Crippen molar-refractivity contribution in [2.45, 2.75) is 12.6 Å². The average Bonchev–Trinajstić information content (AvgIpc) is 2.28. The molecule has 1 rings (SSSR count). The van der Waals surface area contributed by atoms with E-state index in [1.54, 1.807) is 0 Å². The van der Waals surface area contributed by atoms with Gasteiger partial charge in [-0.15, -0.1) is 0 Å². The van der Waals surface area contributed by atoms with Crippen LogP contribution in [0.1, 0.15) is 12.5 Å².